The molecule has 128 valence electrons. The Balaban J connectivity index is 1.76. The van der Waals surface area contributed by atoms with Crippen LogP contribution in [-0.2, 0) is 4.79 Å². The maximum Gasteiger partial charge on any atom is 0.249 e. The van der Waals surface area contributed by atoms with Gasteiger partial charge in [0, 0.05) is 18.5 Å². The van der Waals surface area contributed by atoms with Crippen LogP contribution < -0.4 is 0 Å². The Labute approximate surface area is 143 Å². The van der Waals surface area contributed by atoms with Gasteiger partial charge in [0.25, 0.3) is 0 Å². The predicted octanol–water partition coefficient (Wildman–Crippen LogP) is 4.23. The van der Waals surface area contributed by atoms with Crippen LogP contribution >= 0.6 is 0 Å². The molecule has 0 saturated carbocycles. The second-order valence-corrected chi connectivity index (χ2v) is 6.85. The van der Waals surface area contributed by atoms with Crippen molar-refractivity contribution in [1.82, 2.24) is 15.0 Å². The normalized spacial score (nSPS) is 18.1. The first kappa shape index (κ1) is 16.7. The summed E-state index contributed by atoms with van der Waals surface area (Å²) >= 11 is 0. The number of carbonyl (C=O) groups excluding carboxylic acids is 1. The quantitative estimate of drug-likeness (QED) is 0.824. The van der Waals surface area contributed by atoms with Crippen molar-refractivity contribution < 1.29 is 9.32 Å². The van der Waals surface area contributed by atoms with Gasteiger partial charge in [-0.05, 0) is 31.6 Å². The average molecular weight is 327 g/mol. The zero-order valence-corrected chi connectivity index (χ0v) is 14.4. The molecule has 5 nitrogen and oxygen atoms in total. The summed E-state index contributed by atoms with van der Waals surface area (Å²) in [4.78, 5) is 19.1. The topological polar surface area (TPSA) is 59.2 Å². The summed E-state index contributed by atoms with van der Waals surface area (Å²) in [6, 6.07) is 9.70. The highest BCUT2D eigenvalue weighted by Gasteiger charge is 2.31. The number of aromatic nitrogens is 2. The summed E-state index contributed by atoms with van der Waals surface area (Å²) in [6.45, 7) is 5.07. The Kier molecular flexibility index (Phi) is 5.28. The van der Waals surface area contributed by atoms with E-state index in [0.29, 0.717) is 24.1 Å². The fourth-order valence-corrected chi connectivity index (χ4v) is 3.12. The number of carbonyl (C=O) groups is 1. The number of rotatable bonds is 5. The van der Waals surface area contributed by atoms with Gasteiger partial charge in [0.1, 0.15) is 6.04 Å². The molecule has 2 heterocycles. The molecule has 0 radical (unpaired) electrons. The maximum atomic E-state index is 12.6. The maximum absolute atomic E-state index is 12.6. The van der Waals surface area contributed by atoms with Crippen molar-refractivity contribution in [3.05, 3.63) is 36.2 Å². The standard InChI is InChI=1S/C19H25N3O2/c1-14(2)11-12-17(23)22-13-7-6-10-16(22)19-20-18(21-24-19)15-8-4-3-5-9-15/h3-5,8-9,14,16H,6-7,10-13H2,1-2H3/t16-/m0/s1. The third-order valence-corrected chi connectivity index (χ3v) is 4.52. The summed E-state index contributed by atoms with van der Waals surface area (Å²) in [5, 5.41) is 4.11. The predicted molar refractivity (Wildman–Crippen MR) is 92.1 cm³/mol. The smallest absolute Gasteiger partial charge is 0.249 e. The van der Waals surface area contributed by atoms with Crippen LogP contribution in [-0.4, -0.2) is 27.5 Å². The minimum Gasteiger partial charge on any atom is -0.337 e. The lowest BCUT2D eigenvalue weighted by atomic mass is 10.00. The van der Waals surface area contributed by atoms with Gasteiger partial charge in [0.15, 0.2) is 0 Å². The van der Waals surface area contributed by atoms with E-state index in [0.717, 1.165) is 37.8 Å². The van der Waals surface area contributed by atoms with Crippen molar-refractivity contribution in [2.75, 3.05) is 6.54 Å². The lowest BCUT2D eigenvalue weighted by molar-refractivity contribution is -0.136. The Morgan fingerprint density at radius 2 is 2.08 bits per heavy atom. The van der Waals surface area contributed by atoms with Crippen LogP contribution in [0.1, 0.15) is 57.9 Å². The van der Waals surface area contributed by atoms with E-state index < -0.39 is 0 Å². The Bertz CT molecular complexity index is 666. The minimum absolute atomic E-state index is 0.0802. The first-order valence-corrected chi connectivity index (χ1v) is 8.83. The van der Waals surface area contributed by atoms with E-state index in [1.54, 1.807) is 0 Å². The molecule has 1 aromatic heterocycles. The SMILES string of the molecule is CC(C)CCC(=O)N1CCCC[C@H]1c1nc(-c2ccccc2)no1. The van der Waals surface area contributed by atoms with Gasteiger partial charge in [-0.2, -0.15) is 4.98 Å². The number of hydrogen-bond acceptors (Lipinski definition) is 4. The molecule has 24 heavy (non-hydrogen) atoms. The monoisotopic (exact) mass is 327 g/mol. The van der Waals surface area contributed by atoms with Crippen molar-refractivity contribution >= 4 is 5.91 Å². The van der Waals surface area contributed by atoms with Gasteiger partial charge in [-0.15, -0.1) is 0 Å². The molecule has 0 spiro atoms. The van der Waals surface area contributed by atoms with E-state index in [2.05, 4.69) is 24.0 Å². The average Bonchev–Trinajstić information content (AvgIpc) is 3.10. The number of piperidine rings is 1. The molecule has 1 aliphatic rings. The van der Waals surface area contributed by atoms with Crippen LogP contribution in [0.3, 0.4) is 0 Å². The molecule has 0 bridgehead atoms. The summed E-state index contributed by atoms with van der Waals surface area (Å²) in [7, 11) is 0. The molecule has 1 atom stereocenters. The fraction of sp³-hybridized carbons (Fsp3) is 0.526. The molecule has 1 saturated heterocycles. The van der Waals surface area contributed by atoms with Crippen LogP contribution in [0, 0.1) is 5.92 Å². The van der Waals surface area contributed by atoms with Gasteiger partial charge < -0.3 is 9.42 Å². The highest BCUT2D eigenvalue weighted by molar-refractivity contribution is 5.76. The molecular formula is C19H25N3O2. The highest BCUT2D eigenvalue weighted by Crippen LogP contribution is 2.32. The summed E-state index contributed by atoms with van der Waals surface area (Å²) in [6.07, 6.45) is 4.53. The van der Waals surface area contributed by atoms with Gasteiger partial charge in [-0.3, -0.25) is 4.79 Å². The van der Waals surface area contributed by atoms with Gasteiger partial charge in [-0.25, -0.2) is 0 Å². The second-order valence-electron chi connectivity index (χ2n) is 6.85. The molecule has 2 aromatic rings. The van der Waals surface area contributed by atoms with E-state index in [4.69, 9.17) is 4.52 Å². The van der Waals surface area contributed by atoms with E-state index in [9.17, 15) is 4.79 Å². The zero-order valence-electron chi connectivity index (χ0n) is 14.4. The highest BCUT2D eigenvalue weighted by atomic mass is 16.5. The van der Waals surface area contributed by atoms with Crippen molar-refractivity contribution in [3.8, 4) is 11.4 Å². The van der Waals surface area contributed by atoms with Crippen molar-refractivity contribution in [1.29, 1.82) is 0 Å². The van der Waals surface area contributed by atoms with Gasteiger partial charge in [0.05, 0.1) is 0 Å². The summed E-state index contributed by atoms with van der Waals surface area (Å²) in [5.74, 6) is 1.88. The lowest BCUT2D eigenvalue weighted by Crippen LogP contribution is -2.38. The molecule has 1 fully saturated rings. The number of hydrogen-bond donors (Lipinski definition) is 0. The molecule has 1 aromatic carbocycles. The molecule has 0 unspecified atom stereocenters. The summed E-state index contributed by atoms with van der Waals surface area (Å²) in [5.41, 5.74) is 0.931. The van der Waals surface area contributed by atoms with E-state index in [1.165, 1.54) is 0 Å². The molecule has 5 heteroatoms. The molecule has 1 amide bonds. The summed E-state index contributed by atoms with van der Waals surface area (Å²) < 4.78 is 5.51. The van der Waals surface area contributed by atoms with E-state index >= 15 is 0 Å². The molecule has 0 N–H and O–H groups in total. The third-order valence-electron chi connectivity index (χ3n) is 4.52. The van der Waals surface area contributed by atoms with E-state index in [-0.39, 0.29) is 11.9 Å². The lowest BCUT2D eigenvalue weighted by Gasteiger charge is -2.33. The van der Waals surface area contributed by atoms with E-state index in [1.807, 2.05) is 35.2 Å². The second kappa shape index (κ2) is 7.60. The van der Waals surface area contributed by atoms with Gasteiger partial charge in [-0.1, -0.05) is 49.3 Å². The third kappa shape index (κ3) is 3.83. The molecular weight excluding hydrogens is 302 g/mol. The first-order chi connectivity index (χ1) is 11.6. The minimum atomic E-state index is -0.0802. The van der Waals surface area contributed by atoms with Gasteiger partial charge >= 0.3 is 0 Å². The fourth-order valence-electron chi connectivity index (χ4n) is 3.12. The Hall–Kier alpha value is -2.17. The Morgan fingerprint density at radius 1 is 1.29 bits per heavy atom. The van der Waals surface area contributed by atoms with Crippen LogP contribution in [0.4, 0.5) is 0 Å². The van der Waals surface area contributed by atoms with Crippen LogP contribution in [0.15, 0.2) is 34.9 Å². The Morgan fingerprint density at radius 3 is 2.83 bits per heavy atom. The number of nitrogens with zero attached hydrogens (tertiary/aromatic N) is 3. The largest absolute Gasteiger partial charge is 0.337 e. The van der Waals surface area contributed by atoms with Crippen molar-refractivity contribution in [2.45, 2.75) is 52.0 Å². The van der Waals surface area contributed by atoms with Crippen LogP contribution in [0.5, 0.6) is 0 Å². The van der Waals surface area contributed by atoms with Crippen LogP contribution in [0.25, 0.3) is 11.4 Å². The number of benzene rings is 1. The zero-order chi connectivity index (χ0) is 16.9. The number of likely N-dealkylation sites (tertiary alicyclic amines) is 1. The van der Waals surface area contributed by atoms with Crippen molar-refractivity contribution in [3.63, 3.8) is 0 Å². The molecule has 0 aliphatic carbocycles. The first-order valence-electron chi connectivity index (χ1n) is 8.83. The van der Waals surface area contributed by atoms with Crippen LogP contribution in [0.2, 0.25) is 0 Å². The number of amides is 1. The van der Waals surface area contributed by atoms with Crippen molar-refractivity contribution in [2.24, 2.45) is 5.92 Å². The van der Waals surface area contributed by atoms with Gasteiger partial charge in [0.2, 0.25) is 17.6 Å². The molecule has 3 rings (SSSR count). The molecule has 1 aliphatic heterocycles.